The van der Waals surface area contributed by atoms with Crippen molar-refractivity contribution in [3.63, 3.8) is 0 Å². The Bertz CT molecular complexity index is 542. The number of hydrogen-bond donors (Lipinski definition) is 0. The number of methoxy groups -OCH3 is 1. The molecule has 3 rings (SSSR count). The Labute approximate surface area is 136 Å². The lowest BCUT2D eigenvalue weighted by molar-refractivity contribution is -0.143. The number of ether oxygens (including phenoxy) is 2. The molecule has 0 spiro atoms. The van der Waals surface area contributed by atoms with Gasteiger partial charge in [-0.3, -0.25) is 4.79 Å². The zero-order valence-corrected chi connectivity index (χ0v) is 13.8. The molecule has 23 heavy (non-hydrogen) atoms. The van der Waals surface area contributed by atoms with Crippen molar-refractivity contribution in [2.24, 2.45) is 5.92 Å². The second-order valence-electron chi connectivity index (χ2n) is 6.13. The molecule has 0 bridgehead atoms. The van der Waals surface area contributed by atoms with E-state index in [2.05, 4.69) is 14.9 Å². The third kappa shape index (κ3) is 4.10. The number of rotatable bonds is 6. The maximum Gasteiger partial charge on any atom is 0.251 e. The number of hydrogen-bond acceptors (Lipinski definition) is 6. The summed E-state index contributed by atoms with van der Waals surface area (Å²) in [6.07, 6.45) is 3.81. The highest BCUT2D eigenvalue weighted by molar-refractivity contribution is 5.80. The van der Waals surface area contributed by atoms with Crippen molar-refractivity contribution in [2.45, 2.75) is 25.9 Å². The summed E-state index contributed by atoms with van der Waals surface area (Å²) in [5.41, 5.74) is 0. The Morgan fingerprint density at radius 2 is 2.09 bits per heavy atom. The number of piperazine rings is 1. The average Bonchev–Trinajstić information content (AvgIpc) is 3.43. The quantitative estimate of drug-likeness (QED) is 0.777. The lowest BCUT2D eigenvalue weighted by Gasteiger charge is -2.35. The number of anilines is 1. The van der Waals surface area contributed by atoms with Crippen LogP contribution in [0.1, 0.15) is 19.8 Å². The van der Waals surface area contributed by atoms with E-state index >= 15 is 0 Å². The molecule has 7 heteroatoms. The lowest BCUT2D eigenvalue weighted by Crippen LogP contribution is -2.51. The summed E-state index contributed by atoms with van der Waals surface area (Å²) in [5.74, 6) is 1.95. The zero-order chi connectivity index (χ0) is 16.2. The monoisotopic (exact) mass is 320 g/mol. The van der Waals surface area contributed by atoms with E-state index in [1.165, 1.54) is 12.8 Å². The van der Waals surface area contributed by atoms with E-state index in [9.17, 15) is 4.79 Å². The molecule has 0 aromatic carbocycles. The molecule has 0 unspecified atom stereocenters. The van der Waals surface area contributed by atoms with Crippen molar-refractivity contribution >= 4 is 11.9 Å². The van der Waals surface area contributed by atoms with Crippen LogP contribution in [0.3, 0.4) is 0 Å². The van der Waals surface area contributed by atoms with Gasteiger partial charge in [-0.05, 0) is 25.7 Å². The van der Waals surface area contributed by atoms with E-state index in [-0.39, 0.29) is 12.0 Å². The molecule has 1 saturated carbocycles. The van der Waals surface area contributed by atoms with Gasteiger partial charge in [0.25, 0.3) is 5.91 Å². The first kappa shape index (κ1) is 16.0. The Kier molecular flexibility index (Phi) is 4.95. The number of carbonyl (C=O) groups is 1. The fraction of sp³-hybridized carbons (Fsp3) is 0.688. The largest absolute Gasteiger partial charge is 0.481 e. The highest BCUT2D eigenvalue weighted by Gasteiger charge is 2.28. The first-order chi connectivity index (χ1) is 11.2. The molecule has 7 nitrogen and oxygen atoms in total. The van der Waals surface area contributed by atoms with Gasteiger partial charge < -0.3 is 19.3 Å². The minimum absolute atomic E-state index is 0.0804. The average molecular weight is 320 g/mol. The summed E-state index contributed by atoms with van der Waals surface area (Å²) in [6, 6.07) is 1.72. The van der Waals surface area contributed by atoms with Crippen molar-refractivity contribution in [2.75, 3.05) is 44.8 Å². The third-order valence-corrected chi connectivity index (χ3v) is 4.33. The summed E-state index contributed by atoms with van der Waals surface area (Å²) in [4.78, 5) is 25.0. The minimum atomic E-state index is -0.352. The van der Waals surface area contributed by atoms with Gasteiger partial charge in [-0.25, -0.2) is 4.98 Å². The molecule has 2 fully saturated rings. The summed E-state index contributed by atoms with van der Waals surface area (Å²) in [7, 11) is 1.59. The summed E-state index contributed by atoms with van der Waals surface area (Å²) >= 11 is 0. The van der Waals surface area contributed by atoms with E-state index in [0.29, 0.717) is 50.5 Å². The summed E-state index contributed by atoms with van der Waals surface area (Å²) in [6.45, 7) is 5.32. The molecule has 1 saturated heterocycles. The van der Waals surface area contributed by atoms with Crippen molar-refractivity contribution in [3.8, 4) is 5.88 Å². The van der Waals surface area contributed by atoms with E-state index in [4.69, 9.17) is 9.47 Å². The lowest BCUT2D eigenvalue weighted by atomic mass is 10.2. The minimum Gasteiger partial charge on any atom is -0.481 e. The first-order valence-corrected chi connectivity index (χ1v) is 8.19. The smallest absolute Gasteiger partial charge is 0.251 e. The van der Waals surface area contributed by atoms with E-state index < -0.39 is 0 Å². The van der Waals surface area contributed by atoms with Crippen LogP contribution in [0.4, 0.5) is 5.95 Å². The Balaban J connectivity index is 1.49. The van der Waals surface area contributed by atoms with Gasteiger partial charge in [0.1, 0.15) is 6.10 Å². The molecule has 0 radical (unpaired) electrons. The van der Waals surface area contributed by atoms with Crippen LogP contribution >= 0.6 is 0 Å². The third-order valence-electron chi connectivity index (χ3n) is 4.33. The van der Waals surface area contributed by atoms with Gasteiger partial charge in [0, 0.05) is 38.4 Å². The van der Waals surface area contributed by atoms with Crippen LogP contribution in [-0.2, 0) is 9.53 Å². The van der Waals surface area contributed by atoms with Crippen LogP contribution in [0.5, 0.6) is 5.88 Å². The molecule has 1 amide bonds. The molecular formula is C16H24N4O3. The predicted octanol–water partition coefficient (Wildman–Crippen LogP) is 0.949. The van der Waals surface area contributed by atoms with Crippen LogP contribution in [0, 0.1) is 5.92 Å². The van der Waals surface area contributed by atoms with Crippen molar-refractivity contribution in [1.82, 2.24) is 14.9 Å². The van der Waals surface area contributed by atoms with Gasteiger partial charge >= 0.3 is 0 Å². The van der Waals surface area contributed by atoms with Gasteiger partial charge in [-0.15, -0.1) is 0 Å². The van der Waals surface area contributed by atoms with Crippen LogP contribution in [0.15, 0.2) is 12.3 Å². The number of amides is 1. The van der Waals surface area contributed by atoms with Crippen molar-refractivity contribution in [1.29, 1.82) is 0 Å². The Morgan fingerprint density at radius 3 is 2.74 bits per heavy atom. The second-order valence-corrected chi connectivity index (χ2v) is 6.13. The number of carbonyl (C=O) groups excluding carboxylic acids is 1. The first-order valence-electron chi connectivity index (χ1n) is 8.19. The van der Waals surface area contributed by atoms with Crippen LogP contribution in [0.2, 0.25) is 0 Å². The van der Waals surface area contributed by atoms with Gasteiger partial charge in [-0.1, -0.05) is 0 Å². The van der Waals surface area contributed by atoms with Crippen LogP contribution in [0.25, 0.3) is 0 Å². The normalized spacial score (nSPS) is 19.6. The zero-order valence-electron chi connectivity index (χ0n) is 13.8. The molecular weight excluding hydrogens is 296 g/mol. The topological polar surface area (TPSA) is 67.8 Å². The SMILES string of the molecule is COc1ccnc(N2CCN(C(=O)[C@@H](C)OCC3CC3)CC2)n1. The number of nitrogens with zero attached hydrogens (tertiary/aromatic N) is 4. The molecule has 0 N–H and O–H groups in total. The highest BCUT2D eigenvalue weighted by atomic mass is 16.5. The van der Waals surface area contributed by atoms with E-state index in [0.717, 1.165) is 0 Å². The van der Waals surface area contributed by atoms with Crippen LogP contribution in [-0.4, -0.2) is 66.8 Å². The Morgan fingerprint density at radius 1 is 1.35 bits per heavy atom. The maximum absolute atomic E-state index is 12.4. The van der Waals surface area contributed by atoms with E-state index in [1.54, 1.807) is 19.4 Å². The van der Waals surface area contributed by atoms with E-state index in [1.807, 2.05) is 11.8 Å². The molecule has 1 aromatic rings. The highest BCUT2D eigenvalue weighted by Crippen LogP contribution is 2.29. The molecule has 1 atom stereocenters. The van der Waals surface area contributed by atoms with Gasteiger partial charge in [0.15, 0.2) is 0 Å². The van der Waals surface area contributed by atoms with Gasteiger partial charge in [0.05, 0.1) is 13.7 Å². The molecule has 1 aromatic heterocycles. The van der Waals surface area contributed by atoms with Gasteiger partial charge in [-0.2, -0.15) is 4.98 Å². The molecule has 2 heterocycles. The molecule has 1 aliphatic heterocycles. The van der Waals surface area contributed by atoms with Crippen molar-refractivity contribution < 1.29 is 14.3 Å². The fourth-order valence-electron chi connectivity index (χ4n) is 2.62. The molecule has 1 aliphatic carbocycles. The molecule has 2 aliphatic rings. The van der Waals surface area contributed by atoms with Crippen molar-refractivity contribution in [3.05, 3.63) is 12.3 Å². The second kappa shape index (κ2) is 7.12. The summed E-state index contributed by atoms with van der Waals surface area (Å²) in [5, 5.41) is 0. The number of aromatic nitrogens is 2. The Hall–Kier alpha value is -1.89. The fourth-order valence-corrected chi connectivity index (χ4v) is 2.62. The maximum atomic E-state index is 12.4. The predicted molar refractivity (Wildman–Crippen MR) is 85.5 cm³/mol. The van der Waals surface area contributed by atoms with Crippen LogP contribution < -0.4 is 9.64 Å². The molecule has 126 valence electrons. The standard InChI is InChI=1S/C16H24N4O3/c1-12(23-11-13-3-4-13)15(21)19-7-9-20(10-8-19)16-17-6-5-14(18-16)22-2/h5-6,12-13H,3-4,7-11H2,1-2H3/t12-/m1/s1. The summed E-state index contributed by atoms with van der Waals surface area (Å²) < 4.78 is 10.8. The van der Waals surface area contributed by atoms with Gasteiger partial charge in [0.2, 0.25) is 11.8 Å².